The van der Waals surface area contributed by atoms with Gasteiger partial charge >= 0.3 is 0 Å². The molecule has 0 aliphatic heterocycles. The third kappa shape index (κ3) is 5.66. The number of fused-ring (bicyclic) bond motifs is 1. The molecule has 0 saturated carbocycles. The molecule has 0 fully saturated rings. The van der Waals surface area contributed by atoms with Crippen LogP contribution in [0.25, 0.3) is 27.8 Å². The van der Waals surface area contributed by atoms with E-state index < -0.39 is 33.4 Å². The Labute approximate surface area is 245 Å². The zero-order chi connectivity index (χ0) is 31.3. The van der Waals surface area contributed by atoms with Gasteiger partial charge in [0, 0.05) is 42.2 Å². The smallest absolute Gasteiger partial charge is 0.290 e. The van der Waals surface area contributed by atoms with Crippen molar-refractivity contribution >= 4 is 32.1 Å². The van der Waals surface area contributed by atoms with Gasteiger partial charge in [-0.3, -0.25) is 9.59 Å². The van der Waals surface area contributed by atoms with E-state index in [4.69, 9.17) is 0 Å². The van der Waals surface area contributed by atoms with Crippen LogP contribution in [0.5, 0.6) is 0 Å². The molecular weight excluding hydrogens is 577 g/mol. The third-order valence-electron chi connectivity index (χ3n) is 6.86. The largest absolute Gasteiger partial charge is 0.392 e. The molecule has 0 radical (unpaired) electrons. The van der Waals surface area contributed by atoms with Gasteiger partial charge in [-0.2, -0.15) is 14.9 Å². The summed E-state index contributed by atoms with van der Waals surface area (Å²) in [7, 11) is -2.02. The number of anilines is 2. The summed E-state index contributed by atoms with van der Waals surface area (Å²) in [5.41, 5.74) is -0.105. The fraction of sp³-hybridized carbons (Fsp3) is 0.241. The summed E-state index contributed by atoms with van der Waals surface area (Å²) in [5.74, 6) is -0.517. The molecule has 5 rings (SSSR count). The number of pyridine rings is 2. The lowest BCUT2D eigenvalue weighted by molar-refractivity contribution is 0.281. The van der Waals surface area contributed by atoms with Gasteiger partial charge in [0.05, 0.1) is 28.8 Å². The average molecular weight is 606 g/mol. The van der Waals surface area contributed by atoms with E-state index in [1.807, 2.05) is 20.8 Å². The average Bonchev–Trinajstić information content (AvgIpc) is 2.94. The van der Waals surface area contributed by atoms with E-state index in [0.717, 1.165) is 15.6 Å². The number of halogens is 1. The predicted octanol–water partition coefficient (Wildman–Crippen LogP) is 3.01. The van der Waals surface area contributed by atoms with Crippen LogP contribution in [0, 0.1) is 5.82 Å². The molecule has 5 aromatic rings. The summed E-state index contributed by atoms with van der Waals surface area (Å²) in [6.45, 7) is 5.22. The minimum absolute atomic E-state index is 0.0188. The van der Waals surface area contributed by atoms with Gasteiger partial charge in [-0.05, 0) is 47.4 Å². The van der Waals surface area contributed by atoms with Crippen LogP contribution in [0.4, 0.5) is 15.9 Å². The number of nitrogens with zero attached hydrogens (tertiary/aromatic N) is 6. The van der Waals surface area contributed by atoms with E-state index in [0.29, 0.717) is 16.5 Å². The Morgan fingerprint density at radius 2 is 1.77 bits per heavy atom. The second-order valence-electron chi connectivity index (χ2n) is 11.0. The zero-order valence-electron chi connectivity index (χ0n) is 24.0. The van der Waals surface area contributed by atoms with Crippen LogP contribution in [0.2, 0.25) is 0 Å². The van der Waals surface area contributed by atoms with Crippen molar-refractivity contribution in [2.75, 3.05) is 11.6 Å². The van der Waals surface area contributed by atoms with Crippen molar-refractivity contribution in [3.05, 3.63) is 92.6 Å². The second-order valence-corrected chi connectivity index (χ2v) is 13.0. The molecule has 0 aliphatic rings. The lowest BCUT2D eigenvalue weighted by atomic mass is 9.86. The maximum Gasteiger partial charge on any atom is 0.290 e. The molecule has 222 valence electrons. The van der Waals surface area contributed by atoms with Gasteiger partial charge in [0.15, 0.2) is 15.7 Å². The van der Waals surface area contributed by atoms with Gasteiger partial charge in [0.2, 0.25) is 0 Å². The van der Waals surface area contributed by atoms with E-state index in [1.165, 1.54) is 49.9 Å². The fourth-order valence-corrected chi connectivity index (χ4v) is 5.08. The highest BCUT2D eigenvalue weighted by atomic mass is 32.2. The number of hydrogen-bond acceptors (Lipinski definition) is 10. The summed E-state index contributed by atoms with van der Waals surface area (Å²) in [6.07, 6.45) is 4.99. The van der Waals surface area contributed by atoms with Crippen LogP contribution in [-0.4, -0.2) is 49.3 Å². The number of nitrogens with one attached hydrogen (secondary N) is 1. The van der Waals surface area contributed by atoms with E-state index in [9.17, 15) is 23.1 Å². The first-order valence-electron chi connectivity index (χ1n) is 13.0. The molecule has 43 heavy (non-hydrogen) atoms. The second kappa shape index (κ2) is 10.8. The lowest BCUT2D eigenvalue weighted by Gasteiger charge is -2.20. The molecule has 0 unspecified atom stereocenters. The molecule has 0 spiro atoms. The van der Waals surface area contributed by atoms with Crippen molar-refractivity contribution in [1.82, 2.24) is 29.5 Å². The molecule has 0 bridgehead atoms. The number of aromatic nitrogens is 6. The molecule has 0 aliphatic carbocycles. The van der Waals surface area contributed by atoms with E-state index in [1.54, 1.807) is 12.1 Å². The number of aryl methyl sites for hydroxylation is 1. The SMILES string of the molecule is Cn1nc(-c2ccnc(-n3ncc4cc(C(C)(C)C)cc(F)c4c3=O)c2CO)cc(Nc2ccc(S(C)(=O)=O)cn2)c1=O. The van der Waals surface area contributed by atoms with Crippen LogP contribution in [0.3, 0.4) is 0 Å². The maximum absolute atomic E-state index is 15.3. The predicted molar refractivity (Wildman–Crippen MR) is 159 cm³/mol. The topological polar surface area (TPSA) is 162 Å². The van der Waals surface area contributed by atoms with Crippen molar-refractivity contribution in [3.8, 4) is 17.1 Å². The minimum Gasteiger partial charge on any atom is -0.392 e. The number of sulfone groups is 1. The van der Waals surface area contributed by atoms with E-state index in [2.05, 4.69) is 25.5 Å². The number of aliphatic hydroxyl groups excluding tert-OH is 1. The van der Waals surface area contributed by atoms with Crippen LogP contribution in [0.1, 0.15) is 31.9 Å². The van der Waals surface area contributed by atoms with Gasteiger partial charge in [0.25, 0.3) is 11.1 Å². The monoisotopic (exact) mass is 605 g/mol. The van der Waals surface area contributed by atoms with Gasteiger partial charge in [-0.15, -0.1) is 0 Å². The Morgan fingerprint density at radius 3 is 2.40 bits per heavy atom. The summed E-state index contributed by atoms with van der Waals surface area (Å²) in [4.78, 5) is 34.7. The fourth-order valence-electron chi connectivity index (χ4n) is 4.52. The first kappa shape index (κ1) is 29.7. The molecule has 0 amide bonds. The summed E-state index contributed by atoms with van der Waals surface area (Å²) in [5, 5.41) is 22.0. The number of benzene rings is 1. The van der Waals surface area contributed by atoms with Crippen molar-refractivity contribution in [2.24, 2.45) is 7.05 Å². The van der Waals surface area contributed by atoms with Crippen molar-refractivity contribution in [1.29, 1.82) is 0 Å². The Hall–Kier alpha value is -4.82. The molecule has 4 aromatic heterocycles. The molecule has 1 aromatic carbocycles. The van der Waals surface area contributed by atoms with Crippen LogP contribution in [-0.2, 0) is 28.9 Å². The summed E-state index contributed by atoms with van der Waals surface area (Å²) >= 11 is 0. The van der Waals surface area contributed by atoms with E-state index in [-0.39, 0.29) is 44.3 Å². The molecule has 0 atom stereocenters. The number of aliphatic hydroxyl groups is 1. The highest BCUT2D eigenvalue weighted by Crippen LogP contribution is 2.29. The van der Waals surface area contributed by atoms with Crippen molar-refractivity contribution in [3.63, 3.8) is 0 Å². The van der Waals surface area contributed by atoms with Gasteiger partial charge in [-0.25, -0.2) is 27.5 Å². The molecule has 14 heteroatoms. The highest BCUT2D eigenvalue weighted by Gasteiger charge is 2.22. The Bertz CT molecular complexity index is 2120. The Balaban J connectivity index is 1.61. The maximum atomic E-state index is 15.3. The summed E-state index contributed by atoms with van der Waals surface area (Å²) < 4.78 is 40.8. The van der Waals surface area contributed by atoms with Gasteiger partial charge < -0.3 is 10.4 Å². The van der Waals surface area contributed by atoms with Crippen LogP contribution >= 0.6 is 0 Å². The number of rotatable bonds is 6. The first-order valence-corrected chi connectivity index (χ1v) is 14.9. The molecule has 4 heterocycles. The molecule has 0 saturated heterocycles. The van der Waals surface area contributed by atoms with Gasteiger partial charge in [0.1, 0.15) is 17.3 Å². The van der Waals surface area contributed by atoms with Gasteiger partial charge in [-0.1, -0.05) is 20.8 Å². The van der Waals surface area contributed by atoms with Crippen LogP contribution in [0.15, 0.2) is 69.5 Å². The van der Waals surface area contributed by atoms with E-state index >= 15 is 4.39 Å². The molecule has 12 nitrogen and oxygen atoms in total. The zero-order valence-corrected chi connectivity index (χ0v) is 24.8. The van der Waals surface area contributed by atoms with Crippen molar-refractivity contribution < 1.29 is 17.9 Å². The highest BCUT2D eigenvalue weighted by molar-refractivity contribution is 7.90. The Kier molecular flexibility index (Phi) is 7.44. The first-order chi connectivity index (χ1) is 20.2. The summed E-state index contributed by atoms with van der Waals surface area (Å²) in [6, 6.07) is 8.81. The normalized spacial score (nSPS) is 12.1. The van der Waals surface area contributed by atoms with Crippen LogP contribution < -0.4 is 16.4 Å². The molecular formula is C29H28FN7O5S. The standard InChI is InChI=1S/C29H28FN7O5S/c1-29(2,3)17-10-16-13-33-37(28(40)25(16)21(30)11-17)26-20(15-38)19(8-9-31-26)22-12-23(27(39)36(4)35-22)34-24-7-6-18(14-32-24)43(5,41)42/h6-14,38H,15H2,1-5H3,(H,32,34). The molecule has 2 N–H and O–H groups in total. The minimum atomic E-state index is -3.46. The number of hydrogen-bond donors (Lipinski definition) is 2. The Morgan fingerprint density at radius 1 is 1.02 bits per heavy atom. The lowest BCUT2D eigenvalue weighted by Crippen LogP contribution is -2.25. The third-order valence-corrected chi connectivity index (χ3v) is 7.96. The quantitative estimate of drug-likeness (QED) is 0.294. The van der Waals surface area contributed by atoms with Crippen molar-refractivity contribution in [2.45, 2.75) is 37.7 Å².